The van der Waals surface area contributed by atoms with Crippen LogP contribution in [-0.4, -0.2) is 26.2 Å². The maximum atomic E-state index is 12.6. The fourth-order valence-corrected chi connectivity index (χ4v) is 3.44. The van der Waals surface area contributed by atoms with Crippen molar-refractivity contribution >= 4 is 17.5 Å². The molecule has 4 rings (SSSR count). The molecule has 1 fully saturated rings. The smallest absolute Gasteiger partial charge is 0.286 e. The van der Waals surface area contributed by atoms with Gasteiger partial charge in [-0.1, -0.05) is 11.6 Å². The van der Waals surface area contributed by atoms with Crippen LogP contribution in [0.2, 0.25) is 5.02 Å². The van der Waals surface area contributed by atoms with Gasteiger partial charge in [-0.3, -0.25) is 10.2 Å². The van der Waals surface area contributed by atoms with Gasteiger partial charge < -0.3 is 0 Å². The summed E-state index contributed by atoms with van der Waals surface area (Å²) in [6.07, 6.45) is 3.74. The van der Waals surface area contributed by atoms with Crippen molar-refractivity contribution in [2.75, 3.05) is 0 Å². The average molecular weight is 346 g/mol. The first-order valence-electron chi connectivity index (χ1n) is 8.15. The van der Waals surface area contributed by atoms with Crippen molar-refractivity contribution < 1.29 is 4.79 Å². The molecule has 2 aromatic heterocycles. The largest absolute Gasteiger partial charge is 0.286 e. The molecule has 0 aromatic carbocycles. The topological polar surface area (TPSA) is 71.8 Å². The van der Waals surface area contributed by atoms with E-state index in [1.807, 2.05) is 20.8 Å². The number of pyridine rings is 1. The summed E-state index contributed by atoms with van der Waals surface area (Å²) in [6, 6.07) is 3.51. The van der Waals surface area contributed by atoms with Crippen LogP contribution in [0.5, 0.6) is 0 Å². The molecule has 2 atom stereocenters. The van der Waals surface area contributed by atoms with Crippen molar-refractivity contribution in [1.29, 1.82) is 0 Å². The van der Waals surface area contributed by atoms with Crippen molar-refractivity contribution in [2.24, 2.45) is 5.92 Å². The highest BCUT2D eigenvalue weighted by molar-refractivity contribution is 6.30. The van der Waals surface area contributed by atoms with Gasteiger partial charge in [-0.25, -0.2) is 15.1 Å². The Morgan fingerprint density at radius 3 is 2.92 bits per heavy atom. The molecule has 6 nitrogen and oxygen atoms in total. The van der Waals surface area contributed by atoms with Gasteiger partial charge >= 0.3 is 0 Å². The number of carbonyl (C=O) groups excluding carboxylic acids is 1. The number of hydrazine groups is 1. The quantitative estimate of drug-likeness (QED) is 0.839. The Morgan fingerprint density at radius 2 is 2.21 bits per heavy atom. The van der Waals surface area contributed by atoms with Gasteiger partial charge in [-0.15, -0.1) is 0 Å². The standard InChI is InChI=1S/C17H20ClN5O/c1-17(2,3)22-20-16(24)14-12-7-9-6-11(9)15(12)23(21-14)13-8-10(18)4-5-19-13/h4-5,8-9,11,22H,6-7H2,1-3H3,(H,20,24)/t9-,11-/m0/s1. The molecule has 2 aliphatic rings. The minimum atomic E-state index is -0.210. The minimum Gasteiger partial charge on any atom is -0.286 e. The van der Waals surface area contributed by atoms with Crippen LogP contribution in [0.4, 0.5) is 0 Å². The molecule has 0 bridgehead atoms. The van der Waals surface area contributed by atoms with Gasteiger partial charge in [0.1, 0.15) is 0 Å². The minimum absolute atomic E-state index is 0.205. The van der Waals surface area contributed by atoms with E-state index in [0.717, 1.165) is 17.7 Å². The molecule has 0 radical (unpaired) electrons. The molecule has 0 spiro atoms. The number of aromatic nitrogens is 3. The molecule has 2 aliphatic carbocycles. The molecule has 1 saturated carbocycles. The second kappa shape index (κ2) is 5.29. The molecule has 126 valence electrons. The Hall–Kier alpha value is -1.92. The van der Waals surface area contributed by atoms with Crippen molar-refractivity contribution in [2.45, 2.75) is 45.1 Å². The molecular formula is C17H20ClN5O. The highest BCUT2D eigenvalue weighted by atomic mass is 35.5. The molecule has 24 heavy (non-hydrogen) atoms. The summed E-state index contributed by atoms with van der Waals surface area (Å²) < 4.78 is 1.80. The molecule has 2 heterocycles. The Labute approximate surface area is 145 Å². The molecular weight excluding hydrogens is 326 g/mol. The van der Waals surface area contributed by atoms with E-state index in [0.29, 0.717) is 28.4 Å². The number of carbonyl (C=O) groups is 1. The third-order valence-electron chi connectivity index (χ3n) is 4.45. The molecule has 0 aliphatic heterocycles. The van der Waals surface area contributed by atoms with E-state index in [4.69, 9.17) is 11.6 Å². The van der Waals surface area contributed by atoms with Gasteiger partial charge in [0.15, 0.2) is 11.5 Å². The lowest BCUT2D eigenvalue weighted by Gasteiger charge is -2.20. The molecule has 7 heteroatoms. The monoisotopic (exact) mass is 345 g/mol. The Bertz CT molecular complexity index is 823. The summed E-state index contributed by atoms with van der Waals surface area (Å²) in [4.78, 5) is 17.0. The number of nitrogens with zero attached hydrogens (tertiary/aromatic N) is 3. The summed E-state index contributed by atoms with van der Waals surface area (Å²) in [5, 5.41) is 5.17. The van der Waals surface area contributed by atoms with E-state index in [1.54, 1.807) is 23.0 Å². The fraction of sp³-hybridized carbons (Fsp3) is 0.471. The van der Waals surface area contributed by atoms with Crippen LogP contribution in [0.3, 0.4) is 0 Å². The van der Waals surface area contributed by atoms with Gasteiger partial charge in [0.25, 0.3) is 5.91 Å². The number of amides is 1. The lowest BCUT2D eigenvalue weighted by Crippen LogP contribution is -2.49. The number of halogens is 1. The second-order valence-corrected chi connectivity index (χ2v) is 8.03. The van der Waals surface area contributed by atoms with Crippen LogP contribution in [0.1, 0.15) is 54.9 Å². The second-order valence-electron chi connectivity index (χ2n) is 7.59. The van der Waals surface area contributed by atoms with E-state index in [9.17, 15) is 4.79 Å². The van der Waals surface area contributed by atoms with Crippen molar-refractivity contribution in [1.82, 2.24) is 25.6 Å². The first kappa shape index (κ1) is 15.6. The van der Waals surface area contributed by atoms with Crippen LogP contribution in [0, 0.1) is 5.92 Å². The van der Waals surface area contributed by atoms with Crippen LogP contribution in [-0.2, 0) is 6.42 Å². The first-order chi connectivity index (χ1) is 11.3. The Balaban J connectivity index is 1.71. The van der Waals surface area contributed by atoms with Crippen molar-refractivity contribution in [3.8, 4) is 5.82 Å². The Morgan fingerprint density at radius 1 is 1.42 bits per heavy atom. The number of rotatable bonds is 3. The molecule has 2 aromatic rings. The molecule has 0 unspecified atom stereocenters. The predicted octanol–water partition coefficient (Wildman–Crippen LogP) is 2.61. The van der Waals surface area contributed by atoms with E-state index >= 15 is 0 Å². The zero-order valence-electron chi connectivity index (χ0n) is 13.9. The summed E-state index contributed by atoms with van der Waals surface area (Å²) >= 11 is 6.09. The van der Waals surface area contributed by atoms with Crippen LogP contribution < -0.4 is 10.9 Å². The SMILES string of the molecule is CC(C)(C)NNC(=O)c1nn(-c2cc(Cl)ccn2)c2c1C[C@@H]1C[C@H]21. The van der Waals surface area contributed by atoms with Crippen LogP contribution in [0.15, 0.2) is 18.3 Å². The van der Waals surface area contributed by atoms with Gasteiger partial charge in [0.2, 0.25) is 0 Å². The normalized spacial score (nSPS) is 21.3. The third-order valence-corrected chi connectivity index (χ3v) is 4.69. The molecule has 0 saturated heterocycles. The fourth-order valence-electron chi connectivity index (χ4n) is 3.29. The van der Waals surface area contributed by atoms with Gasteiger partial charge in [-0.2, -0.15) is 5.10 Å². The van der Waals surface area contributed by atoms with Gasteiger partial charge in [0, 0.05) is 34.3 Å². The van der Waals surface area contributed by atoms with E-state index < -0.39 is 0 Å². The molecule has 2 N–H and O–H groups in total. The highest BCUT2D eigenvalue weighted by Gasteiger charge is 2.50. The predicted molar refractivity (Wildman–Crippen MR) is 91.3 cm³/mol. The summed E-state index contributed by atoms with van der Waals surface area (Å²) in [7, 11) is 0. The van der Waals surface area contributed by atoms with E-state index in [-0.39, 0.29) is 11.4 Å². The third kappa shape index (κ3) is 2.70. The summed E-state index contributed by atoms with van der Waals surface area (Å²) in [5.41, 5.74) is 8.21. The zero-order chi connectivity index (χ0) is 17.1. The zero-order valence-corrected chi connectivity index (χ0v) is 14.7. The lowest BCUT2D eigenvalue weighted by molar-refractivity contribution is 0.0908. The van der Waals surface area contributed by atoms with Crippen molar-refractivity contribution in [3.63, 3.8) is 0 Å². The number of fused-ring (bicyclic) bond motifs is 3. The van der Waals surface area contributed by atoms with Crippen LogP contribution >= 0.6 is 11.6 Å². The summed E-state index contributed by atoms with van der Waals surface area (Å²) in [5.74, 6) is 1.59. The average Bonchev–Trinajstić information content (AvgIpc) is 3.01. The maximum Gasteiger partial charge on any atom is 0.286 e. The van der Waals surface area contributed by atoms with Crippen molar-refractivity contribution in [3.05, 3.63) is 40.3 Å². The molecule has 1 amide bonds. The number of nitrogens with one attached hydrogen (secondary N) is 2. The summed E-state index contributed by atoms with van der Waals surface area (Å²) in [6.45, 7) is 5.96. The van der Waals surface area contributed by atoms with Crippen LogP contribution in [0.25, 0.3) is 5.82 Å². The number of hydrogen-bond donors (Lipinski definition) is 2. The highest BCUT2D eigenvalue weighted by Crippen LogP contribution is 2.57. The van der Waals surface area contributed by atoms with E-state index in [1.165, 1.54) is 6.42 Å². The van der Waals surface area contributed by atoms with Gasteiger partial charge in [0.05, 0.1) is 5.69 Å². The number of hydrogen-bond acceptors (Lipinski definition) is 4. The van der Waals surface area contributed by atoms with Gasteiger partial charge in [-0.05, 0) is 45.6 Å². The van der Waals surface area contributed by atoms with E-state index in [2.05, 4.69) is 20.9 Å². The maximum absolute atomic E-state index is 12.6. The lowest BCUT2D eigenvalue weighted by atomic mass is 10.1. The first-order valence-corrected chi connectivity index (χ1v) is 8.52. The Kier molecular flexibility index (Phi) is 3.44.